The second-order valence-electron chi connectivity index (χ2n) is 7.99. The average molecular weight is 327 g/mol. The maximum atomic E-state index is 6.20. The highest BCUT2D eigenvalue weighted by Gasteiger charge is 2.51. The second kappa shape index (κ2) is 5.58. The largest absolute Gasteiger partial charge is 0.494 e. The molecule has 2 aliphatic rings. The normalized spacial score (nSPS) is 26.2. The maximum absolute atomic E-state index is 6.20. The Morgan fingerprint density at radius 1 is 1.21 bits per heavy atom. The summed E-state index contributed by atoms with van der Waals surface area (Å²) in [6.07, 6.45) is 4.37. The minimum atomic E-state index is -0.327. The lowest BCUT2D eigenvalue weighted by molar-refractivity contribution is 0.00578. The summed E-state index contributed by atoms with van der Waals surface area (Å²) in [6, 6.07) is 6.79. The SMILES string of the molecule is CC1(C)OB(c2ccc3ncn(C4CCCNC4)c3c2)OC1(C)C. The molecule has 0 amide bonds. The van der Waals surface area contributed by atoms with Gasteiger partial charge in [0.25, 0.3) is 0 Å². The molecule has 0 bridgehead atoms. The zero-order valence-electron chi connectivity index (χ0n) is 15.0. The number of hydrogen-bond donors (Lipinski definition) is 1. The third-order valence-electron chi connectivity index (χ3n) is 5.79. The molecule has 0 saturated carbocycles. The molecule has 2 saturated heterocycles. The molecule has 3 heterocycles. The van der Waals surface area contributed by atoms with Crippen molar-refractivity contribution in [3.05, 3.63) is 24.5 Å². The van der Waals surface area contributed by atoms with E-state index < -0.39 is 0 Å². The first-order valence-corrected chi connectivity index (χ1v) is 8.90. The number of hydrogen-bond acceptors (Lipinski definition) is 4. The van der Waals surface area contributed by atoms with Gasteiger partial charge >= 0.3 is 7.12 Å². The molecular weight excluding hydrogens is 301 g/mol. The molecule has 2 aromatic rings. The number of nitrogens with zero attached hydrogens (tertiary/aromatic N) is 2. The van der Waals surface area contributed by atoms with Crippen molar-refractivity contribution in [1.82, 2.24) is 14.9 Å². The van der Waals surface area contributed by atoms with Crippen LogP contribution >= 0.6 is 0 Å². The Kier molecular flexibility index (Phi) is 3.75. The number of piperidine rings is 1. The summed E-state index contributed by atoms with van der Waals surface area (Å²) >= 11 is 0. The van der Waals surface area contributed by atoms with E-state index in [9.17, 15) is 0 Å². The maximum Gasteiger partial charge on any atom is 0.494 e. The summed E-state index contributed by atoms with van der Waals surface area (Å²) in [6.45, 7) is 10.5. The molecule has 2 aliphatic heterocycles. The molecule has 128 valence electrons. The Morgan fingerprint density at radius 3 is 2.62 bits per heavy atom. The van der Waals surface area contributed by atoms with Crippen LogP contribution in [0.2, 0.25) is 0 Å². The van der Waals surface area contributed by atoms with E-state index in [-0.39, 0.29) is 18.3 Å². The minimum Gasteiger partial charge on any atom is -0.399 e. The number of rotatable bonds is 2. The predicted molar refractivity (Wildman–Crippen MR) is 96.6 cm³/mol. The van der Waals surface area contributed by atoms with Crippen LogP contribution in [0.5, 0.6) is 0 Å². The van der Waals surface area contributed by atoms with Crippen LogP contribution in [-0.4, -0.2) is 41.0 Å². The van der Waals surface area contributed by atoms with Crippen molar-refractivity contribution in [2.45, 2.75) is 57.8 Å². The van der Waals surface area contributed by atoms with Crippen LogP contribution < -0.4 is 10.8 Å². The summed E-state index contributed by atoms with van der Waals surface area (Å²) in [5.41, 5.74) is 2.61. The highest BCUT2D eigenvalue weighted by atomic mass is 16.7. The van der Waals surface area contributed by atoms with Crippen molar-refractivity contribution in [1.29, 1.82) is 0 Å². The average Bonchev–Trinajstić information content (AvgIpc) is 3.06. The molecular formula is C18H26BN3O2. The van der Waals surface area contributed by atoms with Crippen LogP contribution in [0.4, 0.5) is 0 Å². The highest BCUT2D eigenvalue weighted by molar-refractivity contribution is 6.62. The fourth-order valence-corrected chi connectivity index (χ4v) is 3.53. The smallest absolute Gasteiger partial charge is 0.399 e. The fourth-order valence-electron chi connectivity index (χ4n) is 3.53. The van der Waals surface area contributed by atoms with Gasteiger partial charge in [-0.05, 0) is 64.7 Å². The van der Waals surface area contributed by atoms with Crippen LogP contribution in [0.25, 0.3) is 11.0 Å². The van der Waals surface area contributed by atoms with E-state index in [0.29, 0.717) is 6.04 Å². The molecule has 1 unspecified atom stereocenters. The van der Waals surface area contributed by atoms with E-state index in [0.717, 1.165) is 29.6 Å². The predicted octanol–water partition coefficient (Wildman–Crippen LogP) is 2.26. The fraction of sp³-hybridized carbons (Fsp3) is 0.611. The lowest BCUT2D eigenvalue weighted by Crippen LogP contribution is -2.41. The summed E-state index contributed by atoms with van der Waals surface area (Å²) in [5.74, 6) is 0. The molecule has 1 atom stereocenters. The number of nitrogens with one attached hydrogen (secondary N) is 1. The van der Waals surface area contributed by atoms with Gasteiger partial charge in [-0.25, -0.2) is 4.98 Å². The van der Waals surface area contributed by atoms with Gasteiger partial charge in [-0.15, -0.1) is 0 Å². The van der Waals surface area contributed by atoms with Gasteiger partial charge < -0.3 is 19.2 Å². The molecule has 0 aliphatic carbocycles. The monoisotopic (exact) mass is 327 g/mol. The number of aromatic nitrogens is 2. The van der Waals surface area contributed by atoms with Crippen molar-refractivity contribution in [2.24, 2.45) is 0 Å². The van der Waals surface area contributed by atoms with Crippen LogP contribution in [0, 0.1) is 0 Å². The third-order valence-corrected chi connectivity index (χ3v) is 5.79. The van der Waals surface area contributed by atoms with Crippen molar-refractivity contribution < 1.29 is 9.31 Å². The quantitative estimate of drug-likeness (QED) is 0.860. The molecule has 2 fully saturated rings. The molecule has 0 radical (unpaired) electrons. The van der Waals surface area contributed by atoms with Gasteiger partial charge in [0.15, 0.2) is 0 Å². The Balaban J connectivity index is 1.68. The van der Waals surface area contributed by atoms with Crippen LogP contribution in [0.1, 0.15) is 46.6 Å². The van der Waals surface area contributed by atoms with Gasteiger partial charge in [-0.1, -0.05) is 6.07 Å². The number of imidazole rings is 1. The van der Waals surface area contributed by atoms with Gasteiger partial charge in [0.05, 0.1) is 28.6 Å². The first-order valence-electron chi connectivity index (χ1n) is 8.90. The van der Waals surface area contributed by atoms with Crippen molar-refractivity contribution in [2.75, 3.05) is 13.1 Å². The Bertz CT molecular complexity index is 734. The zero-order chi connectivity index (χ0) is 16.9. The molecule has 6 heteroatoms. The molecule has 1 N–H and O–H groups in total. The number of benzene rings is 1. The van der Waals surface area contributed by atoms with Crippen molar-refractivity contribution >= 4 is 23.6 Å². The Hall–Kier alpha value is -1.37. The first kappa shape index (κ1) is 16.1. The molecule has 5 nitrogen and oxygen atoms in total. The zero-order valence-corrected chi connectivity index (χ0v) is 15.0. The van der Waals surface area contributed by atoms with Crippen LogP contribution in [-0.2, 0) is 9.31 Å². The van der Waals surface area contributed by atoms with E-state index in [1.807, 2.05) is 6.33 Å². The van der Waals surface area contributed by atoms with Gasteiger partial charge in [0, 0.05) is 12.6 Å². The van der Waals surface area contributed by atoms with E-state index in [2.05, 4.69) is 60.8 Å². The van der Waals surface area contributed by atoms with Crippen molar-refractivity contribution in [3.63, 3.8) is 0 Å². The van der Waals surface area contributed by atoms with Gasteiger partial charge in [0.2, 0.25) is 0 Å². The van der Waals surface area contributed by atoms with Crippen molar-refractivity contribution in [3.8, 4) is 0 Å². The van der Waals surface area contributed by atoms with Gasteiger partial charge in [0.1, 0.15) is 0 Å². The summed E-state index contributed by atoms with van der Waals surface area (Å²) in [4.78, 5) is 4.57. The highest BCUT2D eigenvalue weighted by Crippen LogP contribution is 2.36. The molecule has 4 rings (SSSR count). The molecule has 0 spiro atoms. The summed E-state index contributed by atoms with van der Waals surface area (Å²) in [5, 5.41) is 3.48. The van der Waals surface area contributed by atoms with Gasteiger partial charge in [-0.2, -0.15) is 0 Å². The lowest BCUT2D eigenvalue weighted by atomic mass is 9.79. The number of fused-ring (bicyclic) bond motifs is 1. The molecule has 1 aromatic carbocycles. The third kappa shape index (κ3) is 2.57. The Morgan fingerprint density at radius 2 is 1.96 bits per heavy atom. The lowest BCUT2D eigenvalue weighted by Gasteiger charge is -2.32. The van der Waals surface area contributed by atoms with Gasteiger partial charge in [-0.3, -0.25) is 0 Å². The Labute approximate surface area is 143 Å². The van der Waals surface area contributed by atoms with Crippen LogP contribution in [0.15, 0.2) is 24.5 Å². The first-order chi connectivity index (χ1) is 11.4. The molecule has 1 aromatic heterocycles. The second-order valence-corrected chi connectivity index (χ2v) is 7.99. The standard InChI is InChI=1S/C18H26BN3O2/c1-17(2)18(3,4)24-19(23-17)13-7-8-15-16(10-13)22(12-21-15)14-6-5-9-20-11-14/h7-8,10,12,14,20H,5-6,9,11H2,1-4H3. The summed E-state index contributed by atoms with van der Waals surface area (Å²) < 4.78 is 14.7. The minimum absolute atomic E-state index is 0.319. The van der Waals surface area contributed by atoms with E-state index in [4.69, 9.17) is 9.31 Å². The topological polar surface area (TPSA) is 48.3 Å². The van der Waals surface area contributed by atoms with E-state index >= 15 is 0 Å². The molecule has 24 heavy (non-hydrogen) atoms. The van der Waals surface area contributed by atoms with E-state index in [1.165, 1.54) is 12.8 Å². The van der Waals surface area contributed by atoms with E-state index in [1.54, 1.807) is 0 Å². The van der Waals surface area contributed by atoms with Crippen LogP contribution in [0.3, 0.4) is 0 Å². The summed E-state index contributed by atoms with van der Waals surface area (Å²) in [7, 11) is -0.327.